The van der Waals surface area contributed by atoms with Gasteiger partial charge in [0.1, 0.15) is 6.61 Å². The lowest BCUT2D eigenvalue weighted by atomic mass is 10.3. The molecule has 1 saturated heterocycles. The lowest BCUT2D eigenvalue weighted by Crippen LogP contribution is -2.25. The lowest BCUT2D eigenvalue weighted by Gasteiger charge is -2.14. The van der Waals surface area contributed by atoms with Crippen molar-refractivity contribution >= 4 is 21.6 Å². The normalized spacial score (nSPS) is 15.8. The maximum atomic E-state index is 10.9. The van der Waals surface area contributed by atoms with Gasteiger partial charge in [-0.25, -0.2) is 0 Å². The average Bonchev–Trinajstić information content (AvgIpc) is 2.84. The Labute approximate surface area is 114 Å². The van der Waals surface area contributed by atoms with Crippen molar-refractivity contribution in [2.45, 2.75) is 12.8 Å². The summed E-state index contributed by atoms with van der Waals surface area (Å²) in [5, 5.41) is 10.9. The molecule has 1 heterocycles. The van der Waals surface area contributed by atoms with Crippen molar-refractivity contribution in [3.63, 3.8) is 0 Å². The van der Waals surface area contributed by atoms with E-state index in [1.54, 1.807) is 12.1 Å². The number of hydrogen-bond donors (Lipinski definition) is 0. The van der Waals surface area contributed by atoms with Gasteiger partial charge in [-0.2, -0.15) is 0 Å². The number of nitro benzene ring substituents is 1. The van der Waals surface area contributed by atoms with Gasteiger partial charge in [0.2, 0.25) is 0 Å². The van der Waals surface area contributed by atoms with E-state index in [1.165, 1.54) is 18.9 Å². The summed E-state index contributed by atoms with van der Waals surface area (Å²) in [5.74, 6) is 0.336. The van der Waals surface area contributed by atoms with Gasteiger partial charge in [-0.1, -0.05) is 15.9 Å². The van der Waals surface area contributed by atoms with Crippen molar-refractivity contribution in [3.05, 3.63) is 32.8 Å². The van der Waals surface area contributed by atoms with Crippen LogP contribution in [0.1, 0.15) is 12.8 Å². The minimum absolute atomic E-state index is 0.00537. The van der Waals surface area contributed by atoms with Gasteiger partial charge >= 0.3 is 5.69 Å². The fraction of sp³-hybridized carbons (Fsp3) is 0.500. The average molecular weight is 315 g/mol. The molecule has 1 fully saturated rings. The third kappa shape index (κ3) is 3.43. The van der Waals surface area contributed by atoms with Crippen LogP contribution in [0.5, 0.6) is 5.75 Å². The molecule has 98 valence electrons. The van der Waals surface area contributed by atoms with E-state index in [0.29, 0.717) is 16.8 Å². The Morgan fingerprint density at radius 1 is 1.39 bits per heavy atom. The Morgan fingerprint density at radius 2 is 2.11 bits per heavy atom. The minimum atomic E-state index is -0.421. The van der Waals surface area contributed by atoms with E-state index in [1.807, 2.05) is 0 Å². The molecule has 1 aromatic rings. The van der Waals surface area contributed by atoms with Gasteiger partial charge in [-0.3, -0.25) is 15.0 Å². The van der Waals surface area contributed by atoms with Gasteiger partial charge in [0, 0.05) is 17.1 Å². The fourth-order valence-electron chi connectivity index (χ4n) is 2.05. The maximum Gasteiger partial charge on any atom is 0.312 e. The molecule has 0 N–H and O–H groups in total. The highest BCUT2D eigenvalue weighted by Crippen LogP contribution is 2.30. The summed E-state index contributed by atoms with van der Waals surface area (Å²) < 4.78 is 6.19. The predicted octanol–water partition coefficient (Wildman–Crippen LogP) is 2.83. The fourth-order valence-corrected chi connectivity index (χ4v) is 2.40. The monoisotopic (exact) mass is 314 g/mol. The summed E-state index contributed by atoms with van der Waals surface area (Å²) in [5.41, 5.74) is 0.00537. The first-order valence-corrected chi connectivity index (χ1v) is 6.75. The van der Waals surface area contributed by atoms with Crippen LogP contribution in [0.4, 0.5) is 5.69 Å². The van der Waals surface area contributed by atoms with Crippen LogP contribution in [0.15, 0.2) is 22.7 Å². The van der Waals surface area contributed by atoms with Crippen LogP contribution in [0.25, 0.3) is 0 Å². The van der Waals surface area contributed by atoms with Crippen molar-refractivity contribution in [1.29, 1.82) is 0 Å². The minimum Gasteiger partial charge on any atom is -0.485 e. The van der Waals surface area contributed by atoms with E-state index in [2.05, 4.69) is 20.8 Å². The molecule has 5 nitrogen and oxygen atoms in total. The molecule has 0 bridgehead atoms. The van der Waals surface area contributed by atoms with Gasteiger partial charge in [0.15, 0.2) is 5.75 Å². The summed E-state index contributed by atoms with van der Waals surface area (Å²) in [6, 6.07) is 4.84. The molecule has 0 saturated carbocycles. The van der Waals surface area contributed by atoms with Crippen molar-refractivity contribution < 1.29 is 9.66 Å². The Balaban J connectivity index is 1.93. The highest BCUT2D eigenvalue weighted by atomic mass is 79.9. The third-order valence-corrected chi connectivity index (χ3v) is 3.47. The summed E-state index contributed by atoms with van der Waals surface area (Å²) in [4.78, 5) is 12.8. The van der Waals surface area contributed by atoms with Gasteiger partial charge < -0.3 is 4.74 Å². The van der Waals surface area contributed by atoms with E-state index in [4.69, 9.17) is 4.74 Å². The molecule has 1 aromatic carbocycles. The summed E-state index contributed by atoms with van der Waals surface area (Å²) in [6.45, 7) is 3.52. The van der Waals surface area contributed by atoms with Crippen molar-refractivity contribution in [3.8, 4) is 5.75 Å². The van der Waals surface area contributed by atoms with Gasteiger partial charge in [-0.05, 0) is 38.1 Å². The molecule has 6 heteroatoms. The molecular formula is C12H15BrN2O3. The topological polar surface area (TPSA) is 55.6 Å². The second kappa shape index (κ2) is 6.15. The number of benzene rings is 1. The molecule has 0 unspecified atom stereocenters. The molecule has 0 spiro atoms. The molecule has 2 rings (SSSR count). The summed E-state index contributed by atoms with van der Waals surface area (Å²) in [7, 11) is 0. The number of halogens is 1. The Bertz CT molecular complexity index is 433. The van der Waals surface area contributed by atoms with Gasteiger partial charge in [0.05, 0.1) is 4.92 Å². The number of likely N-dealkylation sites (tertiary alicyclic amines) is 1. The van der Waals surface area contributed by atoms with Crippen molar-refractivity contribution in [2.24, 2.45) is 0 Å². The quantitative estimate of drug-likeness (QED) is 0.619. The van der Waals surface area contributed by atoms with Crippen LogP contribution >= 0.6 is 15.9 Å². The molecule has 1 aliphatic rings. The van der Waals surface area contributed by atoms with Crippen LogP contribution in [-0.2, 0) is 0 Å². The molecule has 18 heavy (non-hydrogen) atoms. The van der Waals surface area contributed by atoms with Gasteiger partial charge in [0.25, 0.3) is 0 Å². The van der Waals surface area contributed by atoms with E-state index in [9.17, 15) is 10.1 Å². The summed E-state index contributed by atoms with van der Waals surface area (Å²) in [6.07, 6.45) is 2.47. The molecule has 1 aliphatic heterocycles. The molecule has 0 aromatic heterocycles. The van der Waals surface area contributed by atoms with E-state index in [-0.39, 0.29) is 5.69 Å². The van der Waals surface area contributed by atoms with Crippen LogP contribution in [0.3, 0.4) is 0 Å². The standard InChI is InChI=1S/C12H15BrN2O3/c13-10-3-4-12(11(9-10)15(16)17)18-8-7-14-5-1-2-6-14/h3-4,9H,1-2,5-8H2. The molecule has 0 atom stereocenters. The van der Waals surface area contributed by atoms with Crippen LogP contribution in [0.2, 0.25) is 0 Å². The van der Waals surface area contributed by atoms with Gasteiger partial charge in [-0.15, -0.1) is 0 Å². The second-order valence-electron chi connectivity index (χ2n) is 4.27. The van der Waals surface area contributed by atoms with Crippen molar-refractivity contribution in [1.82, 2.24) is 4.90 Å². The zero-order valence-corrected chi connectivity index (χ0v) is 11.6. The number of nitro groups is 1. The SMILES string of the molecule is O=[N+]([O-])c1cc(Br)ccc1OCCN1CCCC1. The highest BCUT2D eigenvalue weighted by Gasteiger charge is 2.16. The van der Waals surface area contributed by atoms with Crippen molar-refractivity contribution in [2.75, 3.05) is 26.2 Å². The zero-order valence-electron chi connectivity index (χ0n) is 9.97. The number of hydrogen-bond acceptors (Lipinski definition) is 4. The lowest BCUT2D eigenvalue weighted by molar-refractivity contribution is -0.385. The number of ether oxygens (including phenoxy) is 1. The first-order valence-electron chi connectivity index (χ1n) is 5.96. The van der Waals surface area contributed by atoms with Crippen LogP contribution in [0, 0.1) is 10.1 Å². The highest BCUT2D eigenvalue weighted by molar-refractivity contribution is 9.10. The largest absolute Gasteiger partial charge is 0.485 e. The molecule has 0 amide bonds. The van der Waals surface area contributed by atoms with E-state index < -0.39 is 4.92 Å². The predicted molar refractivity (Wildman–Crippen MR) is 72.0 cm³/mol. The summed E-state index contributed by atoms with van der Waals surface area (Å²) >= 11 is 3.22. The third-order valence-electron chi connectivity index (χ3n) is 2.98. The number of rotatable bonds is 5. The maximum absolute atomic E-state index is 10.9. The van der Waals surface area contributed by atoms with E-state index >= 15 is 0 Å². The molecule has 0 aliphatic carbocycles. The Morgan fingerprint density at radius 3 is 2.78 bits per heavy atom. The zero-order chi connectivity index (χ0) is 13.0. The van der Waals surface area contributed by atoms with Crippen LogP contribution in [-0.4, -0.2) is 36.1 Å². The first-order chi connectivity index (χ1) is 8.66. The first kappa shape index (κ1) is 13.3. The molecular weight excluding hydrogens is 300 g/mol. The Kier molecular flexibility index (Phi) is 4.54. The van der Waals surface area contributed by atoms with Crippen LogP contribution < -0.4 is 4.74 Å². The molecule has 0 radical (unpaired) electrons. The smallest absolute Gasteiger partial charge is 0.312 e. The number of nitrogens with zero attached hydrogens (tertiary/aromatic N) is 2. The second-order valence-corrected chi connectivity index (χ2v) is 5.18. The Hall–Kier alpha value is -1.14. The van der Waals surface area contributed by atoms with E-state index in [0.717, 1.165) is 19.6 Å².